The summed E-state index contributed by atoms with van der Waals surface area (Å²) in [5.74, 6) is -0.841. The summed E-state index contributed by atoms with van der Waals surface area (Å²) >= 11 is 0.933. The molecule has 9 heavy (non-hydrogen) atoms. The third-order valence-corrected chi connectivity index (χ3v) is 1.37. The Morgan fingerprint density at radius 1 is 1.89 bits per heavy atom. The van der Waals surface area contributed by atoms with Crippen molar-refractivity contribution in [3.05, 3.63) is 0 Å². The van der Waals surface area contributed by atoms with E-state index in [2.05, 4.69) is 0 Å². The van der Waals surface area contributed by atoms with Crippen LogP contribution < -0.4 is 34.7 Å². The fourth-order valence-electron chi connectivity index (χ4n) is 0.226. The second-order valence-corrected chi connectivity index (χ2v) is 2.48. The van der Waals surface area contributed by atoms with E-state index in [1.54, 1.807) is 6.92 Å². The van der Waals surface area contributed by atoms with Crippen molar-refractivity contribution in [1.82, 2.24) is 0 Å². The molecule has 0 aromatic carbocycles. The predicted molar refractivity (Wildman–Crippen MR) is 29.1 cm³/mol. The topological polar surface area (TPSA) is 60.4 Å². The van der Waals surface area contributed by atoms with Gasteiger partial charge in [-0.1, -0.05) is 6.92 Å². The van der Waals surface area contributed by atoms with E-state index in [0.29, 0.717) is 5.75 Å². The van der Waals surface area contributed by atoms with Gasteiger partial charge in [0.25, 0.3) is 0 Å². The molecule has 0 saturated heterocycles. The number of aliphatic hydroxyl groups is 1. The van der Waals surface area contributed by atoms with E-state index in [0.717, 1.165) is 11.8 Å². The summed E-state index contributed by atoms with van der Waals surface area (Å²) in [6.45, 7) is 1.76. The molecule has 0 aliphatic heterocycles. The molecule has 0 aliphatic carbocycles. The maximum absolute atomic E-state index is 9.71. The summed E-state index contributed by atoms with van der Waals surface area (Å²) in [4.78, 5) is 9.71. The molecule has 0 radical (unpaired) electrons. The molecule has 3 nitrogen and oxygen atoms in total. The number of thioether (sulfide) groups is 1. The number of carbonyl (C=O) groups is 1. The van der Waals surface area contributed by atoms with Crippen LogP contribution in [-0.4, -0.2) is 22.3 Å². The molecule has 0 rings (SSSR count). The van der Waals surface area contributed by atoms with Gasteiger partial charge in [-0.2, -0.15) is 0 Å². The van der Waals surface area contributed by atoms with Crippen LogP contribution in [0.25, 0.3) is 0 Å². The third-order valence-electron chi connectivity index (χ3n) is 0.526. The van der Waals surface area contributed by atoms with Crippen LogP contribution in [0.4, 0.5) is 0 Å². The molecule has 0 saturated carbocycles. The third kappa shape index (κ3) is 6.67. The van der Waals surface area contributed by atoms with Crippen molar-refractivity contribution >= 4 is 17.7 Å². The van der Waals surface area contributed by atoms with Gasteiger partial charge < -0.3 is 15.0 Å². The molecular weight excluding hydrogens is 151 g/mol. The summed E-state index contributed by atoms with van der Waals surface area (Å²) in [5.41, 5.74) is -1.36. The molecular formula is C4H7NaO3S. The largest absolute Gasteiger partial charge is 1.00 e. The fraction of sp³-hybridized carbons (Fsp3) is 0.750. The predicted octanol–water partition coefficient (Wildman–Crippen LogP) is -4.19. The Morgan fingerprint density at radius 3 is 2.44 bits per heavy atom. The SMILES string of the molecule is CCSC(O)C(=O)[O-].[Na+]. The van der Waals surface area contributed by atoms with E-state index in [1.165, 1.54) is 0 Å². The number of hydrogen-bond donors (Lipinski definition) is 1. The second kappa shape index (κ2) is 6.89. The average molecular weight is 158 g/mol. The number of rotatable bonds is 3. The number of hydrogen-bond acceptors (Lipinski definition) is 4. The standard InChI is InChI=1S/C4H8O3S.Na/c1-2-8-4(7)3(5)6;/h4,7H,2H2,1H3,(H,5,6);/q;+1/p-1. The molecule has 0 heterocycles. The van der Waals surface area contributed by atoms with Gasteiger partial charge in [0.15, 0.2) is 0 Å². The van der Waals surface area contributed by atoms with E-state index in [1.807, 2.05) is 0 Å². The van der Waals surface area contributed by atoms with Gasteiger partial charge in [-0.3, -0.25) is 0 Å². The van der Waals surface area contributed by atoms with Crippen LogP contribution in [-0.2, 0) is 4.79 Å². The van der Waals surface area contributed by atoms with Gasteiger partial charge in [-0.05, 0) is 5.75 Å². The van der Waals surface area contributed by atoms with Crippen molar-refractivity contribution in [3.8, 4) is 0 Å². The normalized spacial score (nSPS) is 11.8. The van der Waals surface area contributed by atoms with E-state index >= 15 is 0 Å². The molecule has 1 N–H and O–H groups in total. The van der Waals surface area contributed by atoms with Crippen LogP contribution in [0.15, 0.2) is 0 Å². The maximum Gasteiger partial charge on any atom is 1.00 e. The van der Waals surface area contributed by atoms with Crippen molar-refractivity contribution < 1.29 is 44.6 Å². The molecule has 1 unspecified atom stereocenters. The number of carboxylic acid groups (broad SMARTS) is 1. The Bertz CT molecular complexity index is 87.9. The van der Waals surface area contributed by atoms with Gasteiger partial charge in [-0.25, -0.2) is 0 Å². The molecule has 1 atom stereocenters. The van der Waals surface area contributed by atoms with Crippen LogP contribution in [0.2, 0.25) is 0 Å². The van der Waals surface area contributed by atoms with Crippen molar-refractivity contribution in [3.63, 3.8) is 0 Å². The molecule has 5 heteroatoms. The summed E-state index contributed by atoms with van der Waals surface area (Å²) in [5, 5.41) is 18.1. The fourth-order valence-corrected chi connectivity index (χ4v) is 0.678. The monoisotopic (exact) mass is 158 g/mol. The molecule has 48 valence electrons. The van der Waals surface area contributed by atoms with Gasteiger partial charge in [0, 0.05) is 0 Å². The Balaban J connectivity index is 0. The minimum Gasteiger partial charge on any atom is -0.546 e. The van der Waals surface area contributed by atoms with Crippen LogP contribution >= 0.6 is 11.8 Å². The first-order valence-corrected chi connectivity index (χ1v) is 3.24. The quantitative estimate of drug-likeness (QED) is 0.334. The van der Waals surface area contributed by atoms with E-state index in [9.17, 15) is 9.90 Å². The van der Waals surface area contributed by atoms with Crippen molar-refractivity contribution in [2.45, 2.75) is 12.4 Å². The summed E-state index contributed by atoms with van der Waals surface area (Å²) in [7, 11) is 0. The van der Waals surface area contributed by atoms with Gasteiger partial charge >= 0.3 is 29.6 Å². The Hall–Kier alpha value is 0.780. The van der Waals surface area contributed by atoms with Gasteiger partial charge in [0.1, 0.15) is 5.44 Å². The first kappa shape index (κ1) is 12.5. The minimum absolute atomic E-state index is 0. The maximum atomic E-state index is 9.71. The summed E-state index contributed by atoms with van der Waals surface area (Å²) < 4.78 is 0. The number of aliphatic hydroxyl groups excluding tert-OH is 1. The molecule has 0 spiro atoms. The molecule has 0 aliphatic rings. The summed E-state index contributed by atoms with van der Waals surface area (Å²) in [6.07, 6.45) is 0. The summed E-state index contributed by atoms with van der Waals surface area (Å²) in [6, 6.07) is 0. The van der Waals surface area contributed by atoms with Crippen LogP contribution in [0.1, 0.15) is 6.92 Å². The number of aliphatic carboxylic acids is 1. The van der Waals surface area contributed by atoms with Crippen LogP contribution in [0.5, 0.6) is 0 Å². The Morgan fingerprint density at radius 2 is 2.33 bits per heavy atom. The molecule has 0 bridgehead atoms. The first-order chi connectivity index (χ1) is 3.68. The van der Waals surface area contributed by atoms with E-state index in [4.69, 9.17) is 5.11 Å². The van der Waals surface area contributed by atoms with Crippen LogP contribution in [0, 0.1) is 0 Å². The Labute approximate surface area is 80.1 Å². The van der Waals surface area contributed by atoms with Crippen molar-refractivity contribution in [1.29, 1.82) is 0 Å². The Kier molecular flexibility index (Phi) is 9.54. The van der Waals surface area contributed by atoms with E-state index < -0.39 is 11.4 Å². The van der Waals surface area contributed by atoms with Crippen LogP contribution in [0.3, 0.4) is 0 Å². The van der Waals surface area contributed by atoms with Gasteiger partial charge in [-0.15, -0.1) is 11.8 Å². The molecule has 0 aromatic heterocycles. The number of carboxylic acids is 1. The first-order valence-electron chi connectivity index (χ1n) is 2.19. The van der Waals surface area contributed by atoms with Crippen molar-refractivity contribution in [2.75, 3.05) is 5.75 Å². The van der Waals surface area contributed by atoms with Gasteiger partial charge in [0.2, 0.25) is 0 Å². The minimum atomic E-state index is -1.42. The zero-order valence-corrected chi connectivity index (χ0v) is 8.27. The molecule has 0 amide bonds. The molecule has 0 aromatic rings. The smallest absolute Gasteiger partial charge is 0.546 e. The average Bonchev–Trinajstić information content (AvgIpc) is 1.67. The van der Waals surface area contributed by atoms with E-state index in [-0.39, 0.29) is 29.6 Å². The molecule has 0 fully saturated rings. The van der Waals surface area contributed by atoms with Gasteiger partial charge in [0.05, 0.1) is 5.97 Å². The zero-order valence-electron chi connectivity index (χ0n) is 5.46. The number of carbonyl (C=O) groups excluding carboxylic acids is 1. The van der Waals surface area contributed by atoms with Crippen molar-refractivity contribution in [2.24, 2.45) is 0 Å². The zero-order chi connectivity index (χ0) is 6.57. The second-order valence-electron chi connectivity index (χ2n) is 1.13.